The van der Waals surface area contributed by atoms with Gasteiger partial charge in [-0.25, -0.2) is 4.79 Å². The van der Waals surface area contributed by atoms with Crippen molar-refractivity contribution in [1.82, 2.24) is 4.90 Å². The van der Waals surface area contributed by atoms with E-state index in [1.54, 1.807) is 0 Å². The average molecular weight is 249 g/mol. The van der Waals surface area contributed by atoms with Crippen LogP contribution < -0.4 is 0 Å². The topological polar surface area (TPSA) is 66.8 Å². The molecule has 1 N–H and O–H groups in total. The molecule has 18 heavy (non-hydrogen) atoms. The Morgan fingerprint density at radius 1 is 1.28 bits per heavy atom. The monoisotopic (exact) mass is 249 g/mol. The van der Waals surface area contributed by atoms with E-state index >= 15 is 0 Å². The van der Waals surface area contributed by atoms with Crippen molar-refractivity contribution in [2.24, 2.45) is 0 Å². The van der Waals surface area contributed by atoms with Crippen molar-refractivity contribution in [2.75, 3.05) is 6.54 Å². The zero-order chi connectivity index (χ0) is 13.0. The molecule has 0 aliphatic heterocycles. The number of hydrogen-bond donors (Lipinski definition) is 1. The zero-order valence-corrected chi connectivity index (χ0v) is 9.91. The van der Waals surface area contributed by atoms with Gasteiger partial charge in [-0.1, -0.05) is 30.3 Å². The van der Waals surface area contributed by atoms with E-state index in [0.717, 1.165) is 18.4 Å². The molecule has 5 heteroatoms. The summed E-state index contributed by atoms with van der Waals surface area (Å²) in [6.07, 6.45) is 1.16. The molecular weight excluding hydrogens is 234 g/mol. The van der Waals surface area contributed by atoms with Gasteiger partial charge in [0, 0.05) is 6.04 Å². The zero-order valence-electron chi connectivity index (χ0n) is 9.91. The fourth-order valence-corrected chi connectivity index (χ4v) is 1.68. The SMILES string of the molecule is O=C(O)CN(C(=O)OCc1ccccc1)C1CC1. The summed E-state index contributed by atoms with van der Waals surface area (Å²) in [7, 11) is 0. The van der Waals surface area contributed by atoms with Gasteiger partial charge in [-0.15, -0.1) is 0 Å². The summed E-state index contributed by atoms with van der Waals surface area (Å²) in [5.74, 6) is -1.02. The summed E-state index contributed by atoms with van der Waals surface area (Å²) in [5, 5.41) is 8.75. The number of ether oxygens (including phenoxy) is 1. The molecule has 0 aromatic heterocycles. The van der Waals surface area contributed by atoms with Gasteiger partial charge >= 0.3 is 12.1 Å². The van der Waals surface area contributed by atoms with Gasteiger partial charge in [-0.2, -0.15) is 0 Å². The van der Waals surface area contributed by atoms with E-state index in [-0.39, 0.29) is 19.2 Å². The van der Waals surface area contributed by atoms with Gasteiger partial charge in [0.2, 0.25) is 0 Å². The molecule has 0 radical (unpaired) electrons. The highest BCUT2D eigenvalue weighted by molar-refractivity contribution is 5.77. The van der Waals surface area contributed by atoms with Gasteiger partial charge in [0.25, 0.3) is 0 Å². The lowest BCUT2D eigenvalue weighted by atomic mass is 10.2. The van der Waals surface area contributed by atoms with Crippen LogP contribution in [0.5, 0.6) is 0 Å². The largest absolute Gasteiger partial charge is 0.480 e. The molecule has 0 unspecified atom stereocenters. The molecule has 5 nitrogen and oxygen atoms in total. The highest BCUT2D eigenvalue weighted by Crippen LogP contribution is 2.27. The number of aliphatic carboxylic acids is 1. The van der Waals surface area contributed by atoms with Crippen LogP contribution in [0.1, 0.15) is 18.4 Å². The van der Waals surface area contributed by atoms with Crippen LogP contribution in [0, 0.1) is 0 Å². The van der Waals surface area contributed by atoms with Gasteiger partial charge < -0.3 is 9.84 Å². The Kier molecular flexibility index (Phi) is 3.82. The quantitative estimate of drug-likeness (QED) is 0.865. The van der Waals surface area contributed by atoms with Crippen LogP contribution in [0.3, 0.4) is 0 Å². The lowest BCUT2D eigenvalue weighted by Crippen LogP contribution is -2.37. The summed E-state index contributed by atoms with van der Waals surface area (Å²) in [6.45, 7) is -0.124. The van der Waals surface area contributed by atoms with E-state index in [4.69, 9.17) is 9.84 Å². The summed E-state index contributed by atoms with van der Waals surface area (Å²) in [6, 6.07) is 9.34. The van der Waals surface area contributed by atoms with Crippen LogP contribution in [-0.4, -0.2) is 34.7 Å². The highest BCUT2D eigenvalue weighted by atomic mass is 16.6. The maximum atomic E-state index is 11.8. The minimum Gasteiger partial charge on any atom is -0.480 e. The van der Waals surface area contributed by atoms with Crippen LogP contribution in [0.15, 0.2) is 30.3 Å². The average Bonchev–Trinajstić information content (AvgIpc) is 3.18. The Morgan fingerprint density at radius 3 is 2.50 bits per heavy atom. The van der Waals surface area contributed by atoms with Crippen molar-refractivity contribution in [2.45, 2.75) is 25.5 Å². The second-order valence-electron chi connectivity index (χ2n) is 4.29. The third-order valence-corrected chi connectivity index (χ3v) is 2.73. The van der Waals surface area contributed by atoms with Gasteiger partial charge in [-0.3, -0.25) is 9.69 Å². The predicted octanol–water partition coefficient (Wildman–Crippen LogP) is 1.87. The number of carbonyl (C=O) groups is 2. The van der Waals surface area contributed by atoms with Crippen LogP contribution in [-0.2, 0) is 16.1 Å². The predicted molar refractivity (Wildman–Crippen MR) is 64.0 cm³/mol. The van der Waals surface area contributed by atoms with Gasteiger partial charge in [-0.05, 0) is 18.4 Å². The van der Waals surface area contributed by atoms with E-state index in [1.807, 2.05) is 30.3 Å². The molecule has 1 fully saturated rings. The van der Waals surface area contributed by atoms with Gasteiger partial charge in [0.15, 0.2) is 0 Å². The summed E-state index contributed by atoms with van der Waals surface area (Å²) in [5.41, 5.74) is 0.886. The third kappa shape index (κ3) is 3.48. The molecule has 0 atom stereocenters. The molecule has 1 amide bonds. The number of nitrogens with zero attached hydrogens (tertiary/aromatic N) is 1. The fourth-order valence-electron chi connectivity index (χ4n) is 1.68. The molecule has 96 valence electrons. The van der Waals surface area contributed by atoms with Crippen molar-refractivity contribution in [3.05, 3.63) is 35.9 Å². The molecule has 0 bridgehead atoms. The van der Waals surface area contributed by atoms with E-state index < -0.39 is 12.1 Å². The van der Waals surface area contributed by atoms with Crippen molar-refractivity contribution in [1.29, 1.82) is 0 Å². The lowest BCUT2D eigenvalue weighted by Gasteiger charge is -2.19. The Hall–Kier alpha value is -2.04. The smallest absolute Gasteiger partial charge is 0.410 e. The third-order valence-electron chi connectivity index (χ3n) is 2.73. The number of rotatable bonds is 5. The molecule has 1 saturated carbocycles. The van der Waals surface area contributed by atoms with Crippen LogP contribution in [0.2, 0.25) is 0 Å². The first-order valence-electron chi connectivity index (χ1n) is 5.86. The maximum absolute atomic E-state index is 11.8. The second-order valence-corrected chi connectivity index (χ2v) is 4.29. The van der Waals surface area contributed by atoms with Crippen LogP contribution >= 0.6 is 0 Å². The van der Waals surface area contributed by atoms with Crippen molar-refractivity contribution < 1.29 is 19.4 Å². The first-order chi connectivity index (χ1) is 8.66. The minimum atomic E-state index is -1.02. The van der Waals surface area contributed by atoms with Crippen molar-refractivity contribution in [3.63, 3.8) is 0 Å². The fraction of sp³-hybridized carbons (Fsp3) is 0.385. The van der Waals surface area contributed by atoms with E-state index in [0.29, 0.717) is 0 Å². The van der Waals surface area contributed by atoms with E-state index in [9.17, 15) is 9.59 Å². The van der Waals surface area contributed by atoms with Gasteiger partial charge in [0.1, 0.15) is 13.2 Å². The van der Waals surface area contributed by atoms with Crippen LogP contribution in [0.25, 0.3) is 0 Å². The highest BCUT2D eigenvalue weighted by Gasteiger charge is 2.34. The van der Waals surface area contributed by atoms with Gasteiger partial charge in [0.05, 0.1) is 0 Å². The Morgan fingerprint density at radius 2 is 1.94 bits per heavy atom. The minimum absolute atomic E-state index is 0.0318. The van der Waals surface area contributed by atoms with E-state index in [2.05, 4.69) is 0 Å². The Balaban J connectivity index is 1.87. The van der Waals surface area contributed by atoms with Crippen molar-refractivity contribution >= 4 is 12.1 Å². The number of benzene rings is 1. The van der Waals surface area contributed by atoms with Crippen LogP contribution in [0.4, 0.5) is 4.79 Å². The second kappa shape index (κ2) is 5.53. The molecule has 1 aliphatic carbocycles. The normalized spacial score (nSPS) is 14.0. The number of amides is 1. The molecule has 0 heterocycles. The first kappa shape index (κ1) is 12.4. The number of carbonyl (C=O) groups excluding carboxylic acids is 1. The Bertz CT molecular complexity index is 428. The summed E-state index contributed by atoms with van der Waals surface area (Å²) in [4.78, 5) is 23.7. The number of hydrogen-bond acceptors (Lipinski definition) is 3. The summed E-state index contributed by atoms with van der Waals surface area (Å²) < 4.78 is 5.12. The molecule has 1 aromatic carbocycles. The molecule has 0 spiro atoms. The molecule has 1 aliphatic rings. The van der Waals surface area contributed by atoms with Crippen molar-refractivity contribution in [3.8, 4) is 0 Å². The summed E-state index contributed by atoms with van der Waals surface area (Å²) >= 11 is 0. The molecule has 0 saturated heterocycles. The molecular formula is C13H15NO4. The number of carboxylic acids is 1. The maximum Gasteiger partial charge on any atom is 0.410 e. The molecule has 1 aromatic rings. The first-order valence-corrected chi connectivity index (χ1v) is 5.86. The lowest BCUT2D eigenvalue weighted by molar-refractivity contribution is -0.138. The molecule has 2 rings (SSSR count). The van der Waals surface area contributed by atoms with E-state index in [1.165, 1.54) is 4.90 Å². The standard InChI is InChI=1S/C13H15NO4/c15-12(16)8-14(11-6-7-11)13(17)18-9-10-4-2-1-3-5-10/h1-5,11H,6-9H2,(H,15,16). The Labute approximate surface area is 105 Å². The number of carboxylic acid groups (broad SMARTS) is 1.